The van der Waals surface area contributed by atoms with Crippen molar-refractivity contribution in [2.24, 2.45) is 0 Å². The fourth-order valence-corrected chi connectivity index (χ4v) is 8.60. The Hall–Kier alpha value is -4.16. The van der Waals surface area contributed by atoms with Gasteiger partial charge < -0.3 is 14.8 Å². The summed E-state index contributed by atoms with van der Waals surface area (Å²) in [6.07, 6.45) is 1.97. The maximum Gasteiger partial charge on any atom is 0.407 e. The summed E-state index contributed by atoms with van der Waals surface area (Å²) in [5.74, 6) is -0.512. The number of alkyl carbamates (subject to hydrolysis) is 1. The standard InChI is InChI=1S/C38H43NO4Si/c1-5-42-37(40)36(39-38(41)43-26-35-33-14-8-6-12-31(33)32-13-7-9-15-34(32)35)25-29-20-22-30(23-21-29)44(3,4)24-10-11-28-18-16-27(2)17-19-28/h6-9,12-23,35-36H,5,10-11,24-26H2,1-4H3,(H,39,41)/t36-/m0/s1. The van der Waals surface area contributed by atoms with Crippen LogP contribution in [-0.2, 0) is 27.1 Å². The van der Waals surface area contributed by atoms with E-state index in [1.165, 1.54) is 39.9 Å². The molecule has 4 aromatic rings. The second-order valence-electron chi connectivity index (χ2n) is 12.4. The molecule has 44 heavy (non-hydrogen) atoms. The minimum Gasteiger partial charge on any atom is -0.464 e. The van der Waals surface area contributed by atoms with Crippen molar-refractivity contribution in [3.05, 3.63) is 125 Å². The van der Waals surface area contributed by atoms with Crippen LogP contribution >= 0.6 is 0 Å². The van der Waals surface area contributed by atoms with Crippen molar-refractivity contribution in [3.8, 4) is 11.1 Å². The molecule has 4 aromatic carbocycles. The van der Waals surface area contributed by atoms with Gasteiger partial charge in [0.15, 0.2) is 0 Å². The molecule has 0 saturated carbocycles. The summed E-state index contributed by atoms with van der Waals surface area (Å²) in [5, 5.41) is 4.18. The Bertz CT molecular complexity index is 1530. The fourth-order valence-electron chi connectivity index (χ4n) is 6.18. The van der Waals surface area contributed by atoms with Gasteiger partial charge in [-0.3, -0.25) is 0 Å². The zero-order valence-electron chi connectivity index (χ0n) is 26.3. The number of hydrogen-bond donors (Lipinski definition) is 1. The number of fused-ring (bicyclic) bond motifs is 3. The minimum absolute atomic E-state index is 0.0499. The van der Waals surface area contributed by atoms with E-state index in [0.717, 1.165) is 23.1 Å². The van der Waals surface area contributed by atoms with Gasteiger partial charge in [0.25, 0.3) is 0 Å². The van der Waals surface area contributed by atoms with Crippen molar-refractivity contribution in [1.29, 1.82) is 0 Å². The van der Waals surface area contributed by atoms with E-state index in [1.807, 2.05) is 24.3 Å². The van der Waals surface area contributed by atoms with Crippen LogP contribution in [0.5, 0.6) is 0 Å². The Morgan fingerprint density at radius 3 is 2.00 bits per heavy atom. The molecular weight excluding hydrogens is 563 g/mol. The average molecular weight is 606 g/mol. The molecule has 5 rings (SSSR count). The zero-order chi connectivity index (χ0) is 31.1. The first-order valence-corrected chi connectivity index (χ1v) is 18.9. The molecule has 6 heteroatoms. The molecule has 0 aromatic heterocycles. The van der Waals surface area contributed by atoms with Crippen LogP contribution in [0.1, 0.15) is 47.1 Å². The number of aryl methyl sites for hydroxylation is 2. The molecule has 0 saturated heterocycles. The Morgan fingerprint density at radius 2 is 1.39 bits per heavy atom. The average Bonchev–Trinajstić information content (AvgIpc) is 3.34. The summed E-state index contributed by atoms with van der Waals surface area (Å²) in [6.45, 7) is 9.14. The van der Waals surface area contributed by atoms with E-state index in [4.69, 9.17) is 9.47 Å². The number of amides is 1. The van der Waals surface area contributed by atoms with Crippen LogP contribution in [0.4, 0.5) is 4.79 Å². The first-order chi connectivity index (χ1) is 21.2. The predicted octanol–water partition coefficient (Wildman–Crippen LogP) is 7.56. The van der Waals surface area contributed by atoms with Crippen LogP contribution in [-0.4, -0.2) is 39.4 Å². The van der Waals surface area contributed by atoms with Gasteiger partial charge in [-0.2, -0.15) is 0 Å². The van der Waals surface area contributed by atoms with Crippen LogP contribution in [0.25, 0.3) is 11.1 Å². The van der Waals surface area contributed by atoms with Gasteiger partial charge in [-0.25, -0.2) is 9.59 Å². The number of carbonyl (C=O) groups excluding carboxylic acids is 2. The third-order valence-electron chi connectivity index (χ3n) is 8.77. The Labute approximate surface area is 262 Å². The van der Waals surface area contributed by atoms with Gasteiger partial charge in [0.1, 0.15) is 12.6 Å². The largest absolute Gasteiger partial charge is 0.464 e. The van der Waals surface area contributed by atoms with Crippen molar-refractivity contribution < 1.29 is 19.1 Å². The molecule has 0 unspecified atom stereocenters. The smallest absolute Gasteiger partial charge is 0.407 e. The number of hydrogen-bond acceptors (Lipinski definition) is 4. The molecule has 0 radical (unpaired) electrons. The number of carbonyl (C=O) groups is 2. The van der Waals surface area contributed by atoms with Gasteiger partial charge in [0, 0.05) is 12.3 Å². The molecule has 1 N–H and O–H groups in total. The Morgan fingerprint density at radius 1 is 0.795 bits per heavy atom. The lowest BCUT2D eigenvalue weighted by molar-refractivity contribution is -0.145. The highest BCUT2D eigenvalue weighted by molar-refractivity contribution is 6.89. The van der Waals surface area contributed by atoms with Crippen LogP contribution < -0.4 is 10.5 Å². The molecule has 1 aliphatic rings. The van der Waals surface area contributed by atoms with Crippen LogP contribution in [0.3, 0.4) is 0 Å². The van der Waals surface area contributed by atoms with Gasteiger partial charge in [-0.1, -0.05) is 133 Å². The summed E-state index contributed by atoms with van der Waals surface area (Å²) in [7, 11) is -1.62. The first kappa shape index (κ1) is 31.3. The zero-order valence-corrected chi connectivity index (χ0v) is 27.3. The number of esters is 1. The second kappa shape index (κ2) is 14.1. The van der Waals surface area contributed by atoms with Crippen molar-refractivity contribution in [2.75, 3.05) is 13.2 Å². The first-order valence-electron chi connectivity index (χ1n) is 15.7. The van der Waals surface area contributed by atoms with E-state index in [1.54, 1.807) is 6.92 Å². The Kier molecular flexibility index (Phi) is 10.0. The summed E-state index contributed by atoms with van der Waals surface area (Å²) in [4.78, 5) is 25.9. The van der Waals surface area contributed by atoms with E-state index < -0.39 is 26.2 Å². The summed E-state index contributed by atoms with van der Waals surface area (Å²) < 4.78 is 11.0. The maximum atomic E-state index is 13.0. The van der Waals surface area contributed by atoms with Gasteiger partial charge in [0.2, 0.25) is 0 Å². The molecule has 0 fully saturated rings. The monoisotopic (exact) mass is 605 g/mol. The molecule has 0 aliphatic heterocycles. The van der Waals surface area contributed by atoms with Gasteiger partial charge >= 0.3 is 12.1 Å². The van der Waals surface area contributed by atoms with Gasteiger partial charge in [0.05, 0.1) is 14.7 Å². The van der Waals surface area contributed by atoms with Crippen molar-refractivity contribution >= 4 is 25.3 Å². The molecular formula is C38H43NO4Si. The molecule has 5 nitrogen and oxygen atoms in total. The van der Waals surface area contributed by atoms with E-state index in [9.17, 15) is 9.59 Å². The van der Waals surface area contributed by atoms with E-state index >= 15 is 0 Å². The highest BCUT2D eigenvalue weighted by atomic mass is 28.3. The number of benzene rings is 4. The summed E-state index contributed by atoms with van der Waals surface area (Å²) >= 11 is 0. The fraction of sp³-hybridized carbons (Fsp3) is 0.316. The van der Waals surface area contributed by atoms with Crippen LogP contribution in [0.2, 0.25) is 19.1 Å². The maximum absolute atomic E-state index is 13.0. The van der Waals surface area contributed by atoms with Crippen molar-refractivity contribution in [2.45, 2.75) is 64.2 Å². The predicted molar refractivity (Wildman–Crippen MR) is 180 cm³/mol. The highest BCUT2D eigenvalue weighted by Gasteiger charge is 2.30. The summed E-state index contributed by atoms with van der Waals surface area (Å²) in [5.41, 5.74) is 8.28. The molecule has 1 aliphatic carbocycles. The molecule has 0 bridgehead atoms. The third kappa shape index (κ3) is 7.48. The van der Waals surface area contributed by atoms with Crippen LogP contribution in [0, 0.1) is 6.92 Å². The minimum atomic E-state index is -1.62. The normalized spacial score (nSPS) is 13.1. The lowest BCUT2D eigenvalue weighted by atomic mass is 9.98. The highest BCUT2D eigenvalue weighted by Crippen LogP contribution is 2.44. The molecule has 0 spiro atoms. The SMILES string of the molecule is CCOC(=O)[C@H](Cc1ccc([Si](C)(C)CCCc2ccc(C)cc2)cc1)NC(=O)OCC1c2ccccc2-c2ccccc21. The lowest BCUT2D eigenvalue weighted by Gasteiger charge is -2.24. The van der Waals surface area contributed by atoms with Gasteiger partial charge in [-0.05, 0) is 53.6 Å². The topological polar surface area (TPSA) is 64.6 Å². The van der Waals surface area contributed by atoms with E-state index in [2.05, 4.69) is 98.1 Å². The van der Waals surface area contributed by atoms with Crippen molar-refractivity contribution in [3.63, 3.8) is 0 Å². The quantitative estimate of drug-likeness (QED) is 0.134. The number of ether oxygens (including phenoxy) is 2. The summed E-state index contributed by atoms with van der Waals surface area (Å²) in [6, 6.07) is 34.2. The van der Waals surface area contributed by atoms with E-state index in [0.29, 0.717) is 6.42 Å². The van der Waals surface area contributed by atoms with Gasteiger partial charge in [-0.15, -0.1) is 0 Å². The molecule has 1 amide bonds. The third-order valence-corrected chi connectivity index (χ3v) is 12.3. The second-order valence-corrected chi connectivity index (χ2v) is 17.2. The molecule has 1 atom stereocenters. The molecule has 228 valence electrons. The number of nitrogens with one attached hydrogen (secondary N) is 1. The van der Waals surface area contributed by atoms with Crippen LogP contribution in [0.15, 0.2) is 97.1 Å². The van der Waals surface area contributed by atoms with Crippen molar-refractivity contribution in [1.82, 2.24) is 5.32 Å². The Balaban J connectivity index is 1.19. The number of rotatable bonds is 12. The van der Waals surface area contributed by atoms with E-state index in [-0.39, 0.29) is 19.1 Å². The lowest BCUT2D eigenvalue weighted by Crippen LogP contribution is -2.44. The molecule has 0 heterocycles.